The number of benzene rings is 1. The highest BCUT2D eigenvalue weighted by Gasteiger charge is 2.18. The molecule has 0 saturated heterocycles. The highest BCUT2D eigenvalue weighted by atomic mass is 16.3. The molecule has 1 heterocycles. The first kappa shape index (κ1) is 14.1. The second kappa shape index (κ2) is 5.74. The maximum atomic E-state index is 11.7. The zero-order chi connectivity index (χ0) is 14.7. The quantitative estimate of drug-likeness (QED) is 0.499. The summed E-state index contributed by atoms with van der Waals surface area (Å²) in [4.78, 5) is 25.3. The van der Waals surface area contributed by atoms with Gasteiger partial charge in [0.2, 0.25) is 5.78 Å². The van der Waals surface area contributed by atoms with Crippen LogP contribution in [0.4, 0.5) is 0 Å². The standard InChI is InChI=1S/C16H17NO3/c1-10(2)7-13-14(8-17-16(13)15(20)9-18)11-3-5-12(19)6-4-11/h3-6,8-10,17,19H,7H2,1-2H3. The maximum Gasteiger partial charge on any atom is 0.241 e. The predicted octanol–water partition coefficient (Wildman–Crippen LogP) is 2.97. The predicted molar refractivity (Wildman–Crippen MR) is 76.8 cm³/mol. The van der Waals surface area contributed by atoms with Crippen LogP contribution >= 0.6 is 0 Å². The summed E-state index contributed by atoms with van der Waals surface area (Å²) in [7, 11) is 0. The van der Waals surface area contributed by atoms with Gasteiger partial charge in [-0.25, -0.2) is 0 Å². The third-order valence-electron chi connectivity index (χ3n) is 3.13. The molecule has 0 aliphatic carbocycles. The number of ketones is 1. The van der Waals surface area contributed by atoms with E-state index in [9.17, 15) is 14.7 Å². The molecule has 0 amide bonds. The van der Waals surface area contributed by atoms with Crippen molar-refractivity contribution in [2.45, 2.75) is 20.3 Å². The smallest absolute Gasteiger partial charge is 0.241 e. The van der Waals surface area contributed by atoms with E-state index in [0.717, 1.165) is 16.7 Å². The number of carbonyl (C=O) groups excluding carboxylic acids is 2. The molecule has 0 unspecified atom stereocenters. The van der Waals surface area contributed by atoms with Crippen molar-refractivity contribution in [1.29, 1.82) is 0 Å². The van der Waals surface area contributed by atoms with Gasteiger partial charge >= 0.3 is 0 Å². The van der Waals surface area contributed by atoms with Gasteiger partial charge in [0, 0.05) is 11.8 Å². The number of hydrogen-bond donors (Lipinski definition) is 2. The summed E-state index contributed by atoms with van der Waals surface area (Å²) in [6.45, 7) is 4.12. The van der Waals surface area contributed by atoms with Crippen molar-refractivity contribution >= 4 is 12.1 Å². The van der Waals surface area contributed by atoms with Gasteiger partial charge in [-0.05, 0) is 35.6 Å². The van der Waals surface area contributed by atoms with Crippen molar-refractivity contribution in [3.05, 3.63) is 41.7 Å². The number of rotatable bonds is 5. The van der Waals surface area contributed by atoms with Gasteiger partial charge in [-0.2, -0.15) is 0 Å². The third kappa shape index (κ3) is 2.79. The number of aromatic nitrogens is 1. The highest BCUT2D eigenvalue weighted by Crippen LogP contribution is 2.29. The van der Waals surface area contributed by atoms with E-state index in [0.29, 0.717) is 24.3 Å². The lowest BCUT2D eigenvalue weighted by Gasteiger charge is -2.09. The van der Waals surface area contributed by atoms with E-state index in [1.54, 1.807) is 30.5 Å². The van der Waals surface area contributed by atoms with Crippen LogP contribution < -0.4 is 0 Å². The molecule has 0 fully saturated rings. The average molecular weight is 271 g/mol. The minimum atomic E-state index is -0.536. The van der Waals surface area contributed by atoms with Gasteiger partial charge in [0.25, 0.3) is 0 Å². The molecule has 1 aromatic heterocycles. The number of aromatic hydroxyl groups is 1. The minimum Gasteiger partial charge on any atom is -0.508 e. The van der Waals surface area contributed by atoms with Crippen molar-refractivity contribution in [1.82, 2.24) is 4.98 Å². The minimum absolute atomic E-state index is 0.193. The van der Waals surface area contributed by atoms with Gasteiger partial charge in [0.05, 0.1) is 5.69 Å². The molecule has 4 nitrogen and oxygen atoms in total. The number of Topliss-reactive ketones (excluding diaryl/α,β-unsaturated/α-hetero) is 1. The van der Waals surface area contributed by atoms with Crippen molar-refractivity contribution in [2.75, 3.05) is 0 Å². The molecular formula is C16H17NO3. The summed E-state index contributed by atoms with van der Waals surface area (Å²) in [5.41, 5.74) is 3.00. The normalized spacial score (nSPS) is 10.8. The van der Waals surface area contributed by atoms with Crippen molar-refractivity contribution in [3.8, 4) is 16.9 Å². The first-order valence-corrected chi connectivity index (χ1v) is 6.52. The maximum absolute atomic E-state index is 11.7. The van der Waals surface area contributed by atoms with E-state index in [-0.39, 0.29) is 5.75 Å². The number of hydrogen-bond acceptors (Lipinski definition) is 3. The zero-order valence-electron chi connectivity index (χ0n) is 11.5. The summed E-state index contributed by atoms with van der Waals surface area (Å²) in [5.74, 6) is 0.0180. The van der Waals surface area contributed by atoms with Crippen LogP contribution in [-0.2, 0) is 11.2 Å². The van der Waals surface area contributed by atoms with Crippen LogP contribution in [0.5, 0.6) is 5.75 Å². The molecule has 0 radical (unpaired) electrons. The molecule has 104 valence electrons. The second-order valence-electron chi connectivity index (χ2n) is 5.18. The van der Waals surface area contributed by atoms with Crippen LogP contribution in [0.25, 0.3) is 11.1 Å². The molecule has 1 aromatic carbocycles. The number of phenols is 1. The molecule has 20 heavy (non-hydrogen) atoms. The topological polar surface area (TPSA) is 70.2 Å². The Hall–Kier alpha value is -2.36. The molecular weight excluding hydrogens is 254 g/mol. The van der Waals surface area contributed by atoms with E-state index in [1.165, 1.54) is 0 Å². The molecule has 0 aliphatic rings. The lowest BCUT2D eigenvalue weighted by molar-refractivity contribution is -0.104. The van der Waals surface area contributed by atoms with Crippen molar-refractivity contribution in [3.63, 3.8) is 0 Å². The molecule has 4 heteroatoms. The molecule has 2 N–H and O–H groups in total. The molecule has 0 spiro atoms. The van der Waals surface area contributed by atoms with Gasteiger partial charge in [-0.15, -0.1) is 0 Å². The van der Waals surface area contributed by atoms with Crippen molar-refractivity contribution in [2.24, 2.45) is 5.92 Å². The number of phenolic OH excluding ortho intramolecular Hbond substituents is 1. The van der Waals surface area contributed by atoms with Crippen LogP contribution in [0.2, 0.25) is 0 Å². The summed E-state index contributed by atoms with van der Waals surface area (Å²) in [6, 6.07) is 6.78. The Bertz CT molecular complexity index is 624. The summed E-state index contributed by atoms with van der Waals surface area (Å²) < 4.78 is 0. The largest absolute Gasteiger partial charge is 0.508 e. The first-order valence-electron chi connectivity index (χ1n) is 6.52. The number of aromatic amines is 1. The Morgan fingerprint density at radius 2 is 1.95 bits per heavy atom. The first-order chi connectivity index (χ1) is 9.52. The van der Waals surface area contributed by atoms with Gasteiger partial charge in [0.15, 0.2) is 6.29 Å². The fourth-order valence-corrected chi connectivity index (χ4v) is 2.25. The van der Waals surface area contributed by atoms with Crippen molar-refractivity contribution < 1.29 is 14.7 Å². The van der Waals surface area contributed by atoms with E-state index < -0.39 is 5.78 Å². The lowest BCUT2D eigenvalue weighted by Crippen LogP contribution is -2.06. The van der Waals surface area contributed by atoms with Gasteiger partial charge < -0.3 is 10.1 Å². The Labute approximate surface area is 117 Å². The Kier molecular flexibility index (Phi) is 4.03. The van der Waals surface area contributed by atoms with Crippen LogP contribution in [0, 0.1) is 5.92 Å². The summed E-state index contributed by atoms with van der Waals surface area (Å²) in [5, 5.41) is 9.34. The molecule has 0 atom stereocenters. The fourth-order valence-electron chi connectivity index (χ4n) is 2.25. The number of nitrogens with one attached hydrogen (secondary N) is 1. The van der Waals surface area contributed by atoms with Crippen LogP contribution in [0.15, 0.2) is 30.5 Å². The van der Waals surface area contributed by atoms with Crippen LogP contribution in [0.1, 0.15) is 29.9 Å². The number of carbonyl (C=O) groups is 2. The average Bonchev–Trinajstić information content (AvgIpc) is 2.81. The highest BCUT2D eigenvalue weighted by molar-refractivity contribution is 6.33. The molecule has 0 saturated carbocycles. The monoisotopic (exact) mass is 271 g/mol. The lowest BCUT2D eigenvalue weighted by atomic mass is 9.94. The molecule has 0 bridgehead atoms. The Morgan fingerprint density at radius 1 is 1.30 bits per heavy atom. The number of aldehydes is 1. The summed E-state index contributed by atoms with van der Waals surface area (Å²) >= 11 is 0. The fraction of sp³-hybridized carbons (Fsp3) is 0.250. The van der Waals surface area contributed by atoms with Crippen LogP contribution in [-0.4, -0.2) is 22.2 Å². The van der Waals surface area contributed by atoms with Gasteiger partial charge in [-0.3, -0.25) is 9.59 Å². The molecule has 2 rings (SSSR count). The van der Waals surface area contributed by atoms with E-state index in [1.807, 2.05) is 0 Å². The van der Waals surface area contributed by atoms with Gasteiger partial charge in [-0.1, -0.05) is 26.0 Å². The third-order valence-corrected chi connectivity index (χ3v) is 3.13. The Balaban J connectivity index is 2.52. The SMILES string of the molecule is CC(C)Cc1c(-c2ccc(O)cc2)c[nH]c1C(=O)C=O. The second-order valence-corrected chi connectivity index (χ2v) is 5.18. The van der Waals surface area contributed by atoms with Gasteiger partial charge in [0.1, 0.15) is 5.75 Å². The van der Waals surface area contributed by atoms with Crippen LogP contribution in [0.3, 0.4) is 0 Å². The van der Waals surface area contributed by atoms with E-state index in [2.05, 4.69) is 18.8 Å². The van der Waals surface area contributed by atoms with E-state index in [4.69, 9.17) is 0 Å². The number of H-pyrrole nitrogens is 1. The van der Waals surface area contributed by atoms with E-state index >= 15 is 0 Å². The summed E-state index contributed by atoms with van der Waals surface area (Å²) in [6.07, 6.45) is 2.77. The molecule has 2 aromatic rings. The Morgan fingerprint density at radius 3 is 2.50 bits per heavy atom. The zero-order valence-corrected chi connectivity index (χ0v) is 11.5. The molecule has 0 aliphatic heterocycles.